The van der Waals surface area contributed by atoms with Crippen molar-refractivity contribution in [3.63, 3.8) is 0 Å². The molecule has 1 aromatic carbocycles. The molecule has 0 saturated carbocycles. The molecule has 2 rings (SSSR count). The number of hydrogen-bond acceptors (Lipinski definition) is 2. The number of rotatable bonds is 1. The van der Waals surface area contributed by atoms with Crippen LogP contribution >= 0.6 is 47.2 Å². The van der Waals surface area contributed by atoms with Crippen LogP contribution in [0.15, 0.2) is 17.1 Å². The second-order valence-corrected chi connectivity index (χ2v) is 5.07. The molecule has 5 nitrogen and oxygen atoms in total. The molecule has 1 heterocycles. The molecule has 0 spiro atoms. The molecule has 114 valence electrons. The third-order valence-electron chi connectivity index (χ3n) is 2.70. The molecule has 21 heavy (non-hydrogen) atoms. The first-order valence-electron chi connectivity index (χ1n) is 5.60. The minimum absolute atomic E-state index is 0. The fraction of sp³-hybridized carbons (Fsp3) is 0.167. The highest BCUT2D eigenvalue weighted by Crippen LogP contribution is 2.36. The second-order valence-electron chi connectivity index (χ2n) is 3.91. The molecule has 3 N–H and O–H groups in total. The first kappa shape index (κ1) is 17.9. The topological polar surface area (TPSA) is 69.3 Å². The minimum Gasteiger partial charge on any atom is -0.359 e. The van der Waals surface area contributed by atoms with Crippen LogP contribution < -0.4 is 10.6 Å². The van der Waals surface area contributed by atoms with Crippen LogP contribution in [-0.4, -0.2) is 30.9 Å². The number of guanidine groups is 1. The van der Waals surface area contributed by atoms with Crippen LogP contribution in [0, 0.1) is 0 Å². The van der Waals surface area contributed by atoms with Crippen LogP contribution in [0.3, 0.4) is 0 Å². The average Bonchev–Trinajstić information content (AvgIpc) is 2.86. The van der Waals surface area contributed by atoms with E-state index in [1.54, 1.807) is 26.2 Å². The predicted molar refractivity (Wildman–Crippen MR) is 90.5 cm³/mol. The van der Waals surface area contributed by atoms with E-state index in [-0.39, 0.29) is 23.3 Å². The molecule has 9 heteroatoms. The van der Waals surface area contributed by atoms with E-state index in [1.165, 1.54) is 0 Å². The van der Waals surface area contributed by atoms with Crippen molar-refractivity contribution in [2.45, 2.75) is 0 Å². The Bertz CT molecular complexity index is 711. The Morgan fingerprint density at radius 1 is 1.24 bits per heavy atom. The summed E-state index contributed by atoms with van der Waals surface area (Å²) in [6.07, 6.45) is 0. The number of H-pyrrole nitrogens is 1. The molecule has 0 unspecified atom stereocenters. The van der Waals surface area contributed by atoms with E-state index in [4.69, 9.17) is 34.8 Å². The van der Waals surface area contributed by atoms with Crippen molar-refractivity contribution in [1.29, 1.82) is 0 Å². The minimum atomic E-state index is -0.348. The second kappa shape index (κ2) is 7.22. The summed E-state index contributed by atoms with van der Waals surface area (Å²) in [5, 5.41) is 6.88. The van der Waals surface area contributed by atoms with Crippen molar-refractivity contribution in [1.82, 2.24) is 15.6 Å². The molecule has 1 aromatic heterocycles. The van der Waals surface area contributed by atoms with E-state index in [9.17, 15) is 4.79 Å². The van der Waals surface area contributed by atoms with Gasteiger partial charge < -0.3 is 10.3 Å². The zero-order valence-corrected chi connectivity index (χ0v) is 14.1. The third kappa shape index (κ3) is 3.55. The van der Waals surface area contributed by atoms with Crippen LogP contribution in [-0.2, 0) is 0 Å². The Hall–Kier alpha value is -1.14. The summed E-state index contributed by atoms with van der Waals surface area (Å²) in [5.74, 6) is 0.00952. The number of nitrogens with one attached hydrogen (secondary N) is 3. The number of benzene rings is 1. The highest BCUT2D eigenvalue weighted by molar-refractivity contribution is 6.50. The number of amides is 1. The van der Waals surface area contributed by atoms with Crippen LogP contribution in [0.5, 0.6) is 0 Å². The number of fused-ring (bicyclic) bond motifs is 1. The van der Waals surface area contributed by atoms with E-state index in [1.807, 2.05) is 0 Å². The molecule has 0 aliphatic carbocycles. The summed E-state index contributed by atoms with van der Waals surface area (Å²) in [5.41, 5.74) is 0.964. The monoisotopic (exact) mass is 368 g/mol. The Morgan fingerprint density at radius 3 is 2.48 bits per heavy atom. The van der Waals surface area contributed by atoms with Gasteiger partial charge in [-0.05, 0) is 12.1 Å². The van der Waals surface area contributed by atoms with Gasteiger partial charge in [0.15, 0.2) is 5.96 Å². The summed E-state index contributed by atoms with van der Waals surface area (Å²) in [7, 11) is 3.22. The maximum Gasteiger partial charge on any atom is 0.274 e. The van der Waals surface area contributed by atoms with Crippen molar-refractivity contribution in [3.8, 4) is 0 Å². The van der Waals surface area contributed by atoms with Gasteiger partial charge in [0.25, 0.3) is 5.91 Å². The lowest BCUT2D eigenvalue weighted by Crippen LogP contribution is -2.39. The molecular formula is C12H12Cl4N4O. The Kier molecular flexibility index (Phi) is 6.16. The summed E-state index contributed by atoms with van der Waals surface area (Å²) in [4.78, 5) is 18.8. The number of carbonyl (C=O) groups excluding carboxylic acids is 1. The van der Waals surface area contributed by atoms with Gasteiger partial charge in [0, 0.05) is 25.0 Å². The number of aliphatic imine (C=N–C) groups is 1. The predicted octanol–water partition coefficient (Wildman–Crippen LogP) is 3.48. The fourth-order valence-electron chi connectivity index (χ4n) is 1.71. The van der Waals surface area contributed by atoms with Gasteiger partial charge in [0.05, 0.1) is 15.1 Å². The van der Waals surface area contributed by atoms with Crippen LogP contribution in [0.2, 0.25) is 15.1 Å². The first-order valence-corrected chi connectivity index (χ1v) is 6.73. The molecule has 0 aliphatic heterocycles. The van der Waals surface area contributed by atoms with Crippen molar-refractivity contribution in [3.05, 3.63) is 32.9 Å². The maximum absolute atomic E-state index is 12.1. The van der Waals surface area contributed by atoms with Crippen molar-refractivity contribution in [2.24, 2.45) is 4.99 Å². The van der Waals surface area contributed by atoms with Gasteiger partial charge in [-0.25, -0.2) is 0 Å². The fourth-order valence-corrected chi connectivity index (χ4v) is 2.37. The summed E-state index contributed by atoms with van der Waals surface area (Å²) >= 11 is 18.0. The summed E-state index contributed by atoms with van der Waals surface area (Å²) in [6.45, 7) is 0. The SMILES string of the molecule is CN=C(NC)NC(=O)c1cc2c(Cl)c(Cl)c(Cl)cc2[nH]1.Cl. The van der Waals surface area contributed by atoms with Crippen molar-refractivity contribution in [2.75, 3.05) is 14.1 Å². The highest BCUT2D eigenvalue weighted by Gasteiger charge is 2.15. The quantitative estimate of drug-likeness (QED) is 0.409. The largest absolute Gasteiger partial charge is 0.359 e. The average molecular weight is 370 g/mol. The zero-order valence-electron chi connectivity index (χ0n) is 11.1. The molecule has 0 fully saturated rings. The zero-order chi connectivity index (χ0) is 14.9. The van der Waals surface area contributed by atoms with Crippen LogP contribution in [0.25, 0.3) is 10.9 Å². The lowest BCUT2D eigenvalue weighted by atomic mass is 10.2. The van der Waals surface area contributed by atoms with Gasteiger partial charge in [-0.3, -0.25) is 15.1 Å². The maximum atomic E-state index is 12.1. The number of aromatic nitrogens is 1. The van der Waals surface area contributed by atoms with E-state index >= 15 is 0 Å². The molecule has 0 bridgehead atoms. The number of aromatic amines is 1. The molecule has 0 radical (unpaired) electrons. The van der Waals surface area contributed by atoms with E-state index in [0.717, 1.165) is 0 Å². The van der Waals surface area contributed by atoms with E-state index in [0.29, 0.717) is 32.6 Å². The number of hydrogen-bond donors (Lipinski definition) is 3. The third-order valence-corrected chi connectivity index (χ3v) is 3.97. The van der Waals surface area contributed by atoms with E-state index in [2.05, 4.69) is 20.6 Å². The normalized spacial score (nSPS) is 11.2. The van der Waals surface area contributed by atoms with Crippen molar-refractivity contribution >= 4 is 70.0 Å². The number of halogens is 4. The van der Waals surface area contributed by atoms with Crippen molar-refractivity contribution < 1.29 is 4.79 Å². The van der Waals surface area contributed by atoms with Crippen LogP contribution in [0.4, 0.5) is 0 Å². The van der Waals surface area contributed by atoms with E-state index < -0.39 is 0 Å². The van der Waals surface area contributed by atoms with Gasteiger partial charge in [-0.2, -0.15) is 0 Å². The molecular weight excluding hydrogens is 358 g/mol. The number of carbonyl (C=O) groups is 1. The van der Waals surface area contributed by atoms with Gasteiger partial charge in [0.2, 0.25) is 0 Å². The molecule has 1 amide bonds. The molecule has 0 aliphatic rings. The molecule has 0 atom stereocenters. The Morgan fingerprint density at radius 2 is 1.90 bits per heavy atom. The van der Waals surface area contributed by atoms with Gasteiger partial charge >= 0.3 is 0 Å². The van der Waals surface area contributed by atoms with Gasteiger partial charge in [-0.1, -0.05) is 34.8 Å². The highest BCUT2D eigenvalue weighted by atomic mass is 35.5. The number of nitrogens with zero attached hydrogens (tertiary/aromatic N) is 1. The lowest BCUT2D eigenvalue weighted by molar-refractivity contribution is 0.0972. The Labute approximate surface area is 142 Å². The molecule has 2 aromatic rings. The lowest BCUT2D eigenvalue weighted by Gasteiger charge is -2.05. The van der Waals surface area contributed by atoms with Gasteiger partial charge in [-0.15, -0.1) is 12.4 Å². The van der Waals surface area contributed by atoms with Crippen LogP contribution in [0.1, 0.15) is 10.5 Å². The standard InChI is InChI=1S/C12H11Cl3N4O.ClH/c1-16-12(17-2)19-11(20)8-3-5-7(18-8)4-6(13)10(15)9(5)14;/h3-4,18H,1-2H3,(H2,16,17,19,20);1H. The summed E-state index contributed by atoms with van der Waals surface area (Å²) < 4.78 is 0. The van der Waals surface area contributed by atoms with Gasteiger partial charge in [0.1, 0.15) is 5.69 Å². The Balaban J connectivity index is 0.00000220. The smallest absolute Gasteiger partial charge is 0.274 e. The first-order chi connectivity index (χ1) is 9.47. The molecule has 0 saturated heterocycles. The summed E-state index contributed by atoms with van der Waals surface area (Å²) in [6, 6.07) is 3.23.